The molecule has 4 rings (SSSR count). The fourth-order valence-electron chi connectivity index (χ4n) is 3.87. The number of carbonyl (C=O) groups excluding carboxylic acids is 3. The van der Waals surface area contributed by atoms with Gasteiger partial charge in [-0.15, -0.1) is 0 Å². The van der Waals surface area contributed by atoms with Crippen LogP contribution in [0.25, 0.3) is 6.08 Å². The molecule has 206 valence electrons. The first kappa shape index (κ1) is 27.8. The number of carbonyl (C=O) groups is 3. The third-order valence-corrected chi connectivity index (χ3v) is 5.96. The number of amides is 4. The molecule has 0 aliphatic carbocycles. The van der Waals surface area contributed by atoms with Crippen molar-refractivity contribution in [3.63, 3.8) is 0 Å². The van der Waals surface area contributed by atoms with Crippen LogP contribution >= 0.6 is 0 Å². The summed E-state index contributed by atoms with van der Waals surface area (Å²) in [6.07, 6.45) is 2.23. The number of nitro groups is 1. The highest BCUT2D eigenvalue weighted by Crippen LogP contribution is 2.29. The van der Waals surface area contributed by atoms with E-state index in [1.807, 2.05) is 6.92 Å². The Morgan fingerprint density at radius 2 is 1.62 bits per heavy atom. The lowest BCUT2D eigenvalue weighted by Gasteiger charge is -2.26. The highest BCUT2D eigenvalue weighted by molar-refractivity contribution is 6.30. The van der Waals surface area contributed by atoms with Crippen molar-refractivity contribution in [1.82, 2.24) is 10.2 Å². The van der Waals surface area contributed by atoms with Crippen LogP contribution in [-0.4, -0.2) is 41.4 Å². The Kier molecular flexibility index (Phi) is 8.75. The van der Waals surface area contributed by atoms with Gasteiger partial charge in [-0.25, -0.2) is 4.79 Å². The largest absolute Gasteiger partial charge is 0.493 e. The van der Waals surface area contributed by atoms with E-state index < -0.39 is 22.8 Å². The lowest BCUT2D eigenvalue weighted by molar-refractivity contribution is -0.384. The molecular weight excluding hydrogens is 518 g/mol. The summed E-state index contributed by atoms with van der Waals surface area (Å²) in [6, 6.07) is 17.0. The molecule has 0 bridgehead atoms. The lowest BCUT2D eigenvalue weighted by Crippen LogP contribution is -2.53. The Morgan fingerprint density at radius 1 is 0.925 bits per heavy atom. The van der Waals surface area contributed by atoms with Crippen LogP contribution in [0.2, 0.25) is 0 Å². The van der Waals surface area contributed by atoms with E-state index in [1.165, 1.54) is 25.3 Å². The van der Waals surface area contributed by atoms with E-state index in [1.54, 1.807) is 54.6 Å². The van der Waals surface area contributed by atoms with Gasteiger partial charge in [0.1, 0.15) is 17.9 Å². The number of nitrogens with one attached hydrogen (secondary N) is 1. The van der Waals surface area contributed by atoms with Crippen LogP contribution in [0.1, 0.15) is 30.0 Å². The number of nitrogens with zero attached hydrogens (tertiary/aromatic N) is 2. The fourth-order valence-corrected chi connectivity index (χ4v) is 3.87. The van der Waals surface area contributed by atoms with Gasteiger partial charge in [0.05, 0.1) is 25.2 Å². The summed E-state index contributed by atoms with van der Waals surface area (Å²) in [6.45, 7) is 2.63. The van der Waals surface area contributed by atoms with Gasteiger partial charge in [-0.1, -0.05) is 25.1 Å². The second-order valence-corrected chi connectivity index (χ2v) is 8.82. The van der Waals surface area contributed by atoms with Crippen molar-refractivity contribution >= 4 is 29.6 Å². The van der Waals surface area contributed by atoms with Crippen LogP contribution < -0.4 is 19.5 Å². The Morgan fingerprint density at radius 3 is 2.27 bits per heavy atom. The zero-order valence-electron chi connectivity index (χ0n) is 21.9. The molecule has 40 heavy (non-hydrogen) atoms. The maximum Gasteiger partial charge on any atom is 0.331 e. The molecule has 0 unspecified atom stereocenters. The minimum atomic E-state index is -0.813. The lowest BCUT2D eigenvalue weighted by atomic mass is 10.1. The third-order valence-electron chi connectivity index (χ3n) is 5.96. The number of rotatable bonds is 11. The number of hydrogen-bond acceptors (Lipinski definition) is 8. The Hall–Kier alpha value is -5.19. The van der Waals surface area contributed by atoms with E-state index in [0.29, 0.717) is 35.0 Å². The van der Waals surface area contributed by atoms with Crippen LogP contribution in [0, 0.1) is 10.1 Å². The minimum absolute atomic E-state index is 0.00246. The van der Waals surface area contributed by atoms with E-state index in [0.717, 1.165) is 16.9 Å². The van der Waals surface area contributed by atoms with Crippen molar-refractivity contribution in [2.24, 2.45) is 0 Å². The van der Waals surface area contributed by atoms with Gasteiger partial charge in [-0.2, -0.15) is 0 Å². The molecule has 11 nitrogen and oxygen atoms in total. The van der Waals surface area contributed by atoms with Crippen LogP contribution in [0.5, 0.6) is 17.2 Å². The predicted molar refractivity (Wildman–Crippen MR) is 145 cm³/mol. The molecule has 1 saturated heterocycles. The van der Waals surface area contributed by atoms with Crippen molar-refractivity contribution < 1.29 is 33.5 Å². The van der Waals surface area contributed by atoms with Gasteiger partial charge in [-0.05, 0) is 65.6 Å². The number of benzene rings is 3. The van der Waals surface area contributed by atoms with Crippen LogP contribution in [-0.2, 0) is 22.7 Å². The second-order valence-electron chi connectivity index (χ2n) is 8.82. The second kappa shape index (κ2) is 12.6. The van der Waals surface area contributed by atoms with E-state index in [4.69, 9.17) is 14.2 Å². The molecule has 3 aromatic carbocycles. The highest BCUT2D eigenvalue weighted by atomic mass is 16.6. The van der Waals surface area contributed by atoms with Gasteiger partial charge in [0, 0.05) is 12.1 Å². The van der Waals surface area contributed by atoms with Crippen molar-refractivity contribution in [1.29, 1.82) is 0 Å². The third kappa shape index (κ3) is 6.62. The number of hydrogen-bond donors (Lipinski definition) is 1. The molecule has 0 spiro atoms. The topological polar surface area (TPSA) is 137 Å². The van der Waals surface area contributed by atoms with Crippen molar-refractivity contribution in [3.05, 3.63) is 99.1 Å². The number of urea groups is 1. The molecule has 0 aromatic heterocycles. The van der Waals surface area contributed by atoms with E-state index in [2.05, 4.69) is 5.32 Å². The summed E-state index contributed by atoms with van der Waals surface area (Å²) in [5.41, 5.74) is 1.74. The Labute approximate surface area is 230 Å². The van der Waals surface area contributed by atoms with Crippen LogP contribution in [0.4, 0.5) is 10.5 Å². The van der Waals surface area contributed by atoms with Crippen LogP contribution in [0.3, 0.4) is 0 Å². The molecule has 4 amide bonds. The van der Waals surface area contributed by atoms with E-state index in [-0.39, 0.29) is 24.4 Å². The fraction of sp³-hybridized carbons (Fsp3) is 0.207. The van der Waals surface area contributed by atoms with Gasteiger partial charge < -0.3 is 14.2 Å². The molecular formula is C29H27N3O8. The predicted octanol–water partition coefficient (Wildman–Crippen LogP) is 4.63. The highest BCUT2D eigenvalue weighted by Gasteiger charge is 2.35. The summed E-state index contributed by atoms with van der Waals surface area (Å²) in [7, 11) is 1.50. The first-order valence-corrected chi connectivity index (χ1v) is 12.4. The van der Waals surface area contributed by atoms with Crippen molar-refractivity contribution in [2.45, 2.75) is 26.5 Å². The van der Waals surface area contributed by atoms with Gasteiger partial charge in [0.25, 0.3) is 17.5 Å². The molecule has 1 aliphatic rings. The summed E-state index contributed by atoms with van der Waals surface area (Å²) in [4.78, 5) is 49.4. The van der Waals surface area contributed by atoms with Gasteiger partial charge in [0.15, 0.2) is 11.5 Å². The number of nitro benzene ring substituents is 1. The molecule has 0 atom stereocenters. The Bertz CT molecular complexity index is 1450. The zero-order valence-corrected chi connectivity index (χ0v) is 21.9. The van der Waals surface area contributed by atoms with Crippen molar-refractivity contribution in [3.8, 4) is 17.2 Å². The van der Waals surface area contributed by atoms with Gasteiger partial charge >= 0.3 is 6.03 Å². The van der Waals surface area contributed by atoms with E-state index in [9.17, 15) is 24.5 Å². The number of ether oxygens (including phenoxy) is 3. The quantitative estimate of drug-likeness (QED) is 0.159. The summed E-state index contributed by atoms with van der Waals surface area (Å²) in [5.74, 6) is 0.0391. The molecule has 1 fully saturated rings. The number of imide groups is 2. The average Bonchev–Trinajstić information content (AvgIpc) is 2.96. The first-order valence-electron chi connectivity index (χ1n) is 12.4. The van der Waals surface area contributed by atoms with Crippen LogP contribution in [0.15, 0.2) is 72.3 Å². The monoisotopic (exact) mass is 545 g/mol. The molecule has 11 heteroatoms. The van der Waals surface area contributed by atoms with Gasteiger partial charge in [0.2, 0.25) is 0 Å². The molecule has 3 aromatic rings. The standard InChI is InChI=1S/C29H27N3O8/c1-3-14-39-25-13-8-21(16-26(25)38-2)17-31-28(34)24(27(33)30-29(31)35)15-19-6-11-23(12-7-19)40-18-20-4-9-22(10-5-20)32(36)37/h4-13,15-16H,3,14,17-18H2,1-2H3,(H,30,33,35)/b24-15+. The minimum Gasteiger partial charge on any atom is -0.493 e. The number of non-ortho nitro benzene ring substituents is 1. The smallest absolute Gasteiger partial charge is 0.331 e. The summed E-state index contributed by atoms with van der Waals surface area (Å²) in [5, 5.41) is 13.0. The number of barbiturate groups is 1. The Balaban J connectivity index is 1.44. The maximum atomic E-state index is 13.2. The summed E-state index contributed by atoms with van der Waals surface area (Å²) < 4.78 is 16.7. The SMILES string of the molecule is CCCOc1ccc(CN2C(=O)NC(=O)/C(=C\c3ccc(OCc4ccc([N+](=O)[O-])cc4)cc3)C2=O)cc1OC. The zero-order chi connectivity index (χ0) is 28.6. The maximum absolute atomic E-state index is 13.2. The molecule has 1 heterocycles. The molecule has 0 radical (unpaired) electrons. The molecule has 1 aliphatic heterocycles. The average molecular weight is 546 g/mol. The van der Waals surface area contributed by atoms with Gasteiger partial charge in [-0.3, -0.25) is 29.9 Å². The van der Waals surface area contributed by atoms with E-state index >= 15 is 0 Å². The molecule has 0 saturated carbocycles. The normalized spacial score (nSPS) is 14.2. The van der Waals surface area contributed by atoms with Crippen molar-refractivity contribution in [2.75, 3.05) is 13.7 Å². The summed E-state index contributed by atoms with van der Waals surface area (Å²) >= 11 is 0. The number of methoxy groups -OCH3 is 1. The first-order chi connectivity index (χ1) is 19.3. The molecule has 1 N–H and O–H groups in total.